The minimum Gasteiger partial charge on any atom is -0.331 e. The van der Waals surface area contributed by atoms with Gasteiger partial charge in [0.2, 0.25) is 0 Å². The molecule has 0 rings (SSSR count). The van der Waals surface area contributed by atoms with Gasteiger partial charge in [-0.25, -0.2) is 0 Å². The van der Waals surface area contributed by atoms with Gasteiger partial charge < -0.3 is 10.2 Å². The van der Waals surface area contributed by atoms with Gasteiger partial charge in [0.25, 0.3) is 0 Å². The van der Waals surface area contributed by atoms with E-state index in [2.05, 4.69) is 21.1 Å². The highest BCUT2D eigenvalue weighted by molar-refractivity contribution is 7.79. The molecule has 0 bridgehead atoms. The fourth-order valence-corrected chi connectivity index (χ4v) is 0.566. The molecule has 0 aliphatic heterocycles. The summed E-state index contributed by atoms with van der Waals surface area (Å²) in [6, 6.07) is 0. The smallest absolute Gasteiger partial charge is 0.331 e. The van der Waals surface area contributed by atoms with E-state index in [1.54, 1.807) is 0 Å². The average Bonchev–Trinajstić information content (AvgIpc) is 1.77. The van der Waals surface area contributed by atoms with Gasteiger partial charge in [0.1, 0.15) is 0 Å². The highest BCUT2D eigenvalue weighted by Crippen LogP contribution is 1.90. The average molecular weight is 215 g/mol. The zero-order chi connectivity index (χ0) is 11.1. The van der Waals surface area contributed by atoms with E-state index in [1.165, 1.54) is 6.54 Å². The molecule has 0 aromatic heterocycles. The van der Waals surface area contributed by atoms with Crippen LogP contribution in [0.2, 0.25) is 0 Å². The molecule has 0 aliphatic rings. The molecule has 6 nitrogen and oxygen atoms in total. The van der Waals surface area contributed by atoms with Crippen molar-refractivity contribution in [1.82, 2.24) is 0 Å². The highest BCUT2D eigenvalue weighted by atomic mass is 32.3. The van der Waals surface area contributed by atoms with Gasteiger partial charge in [0.05, 0.1) is 27.7 Å². The highest BCUT2D eigenvalue weighted by Gasteiger charge is 2.03. The Bertz CT molecular complexity index is 199. The minimum atomic E-state index is -4.67. The van der Waals surface area contributed by atoms with Crippen LogP contribution < -0.4 is 5.73 Å². The van der Waals surface area contributed by atoms with Crippen molar-refractivity contribution in [3.8, 4) is 0 Å². The first-order valence-electron chi connectivity index (χ1n) is 3.76. The molecule has 0 saturated carbocycles. The molecular formula is C6H19N2O4S+. The summed E-state index contributed by atoms with van der Waals surface area (Å²) in [7, 11) is 1.86. The quantitative estimate of drug-likeness (QED) is 0.430. The summed E-state index contributed by atoms with van der Waals surface area (Å²) >= 11 is 0. The number of hydrogen-bond donors (Lipinski definition) is 3. The molecule has 0 radical (unpaired) electrons. The van der Waals surface area contributed by atoms with Crippen molar-refractivity contribution in [2.24, 2.45) is 5.73 Å². The Morgan fingerprint density at radius 2 is 1.54 bits per heavy atom. The largest absolute Gasteiger partial charge is 0.394 e. The first-order chi connectivity index (χ1) is 5.56. The molecule has 13 heavy (non-hydrogen) atoms. The standard InChI is InChI=1S/C6H17N2.H2O4S/c1-8(2,3)6-4-5-7;1-5(2,3)4/h4-7H2,1-3H3;(H2,1,2,3,4)/q+1;. The summed E-state index contributed by atoms with van der Waals surface area (Å²) in [5.74, 6) is 0. The van der Waals surface area contributed by atoms with Crippen molar-refractivity contribution in [3.05, 3.63) is 0 Å². The number of nitrogens with two attached hydrogens (primary N) is 1. The van der Waals surface area contributed by atoms with Gasteiger partial charge >= 0.3 is 10.4 Å². The van der Waals surface area contributed by atoms with Crippen molar-refractivity contribution in [1.29, 1.82) is 0 Å². The summed E-state index contributed by atoms with van der Waals surface area (Å²) in [4.78, 5) is 0. The van der Waals surface area contributed by atoms with E-state index in [9.17, 15) is 0 Å². The maximum Gasteiger partial charge on any atom is 0.394 e. The van der Waals surface area contributed by atoms with E-state index >= 15 is 0 Å². The van der Waals surface area contributed by atoms with Gasteiger partial charge in [-0.1, -0.05) is 0 Å². The first kappa shape index (κ1) is 15.3. The topological polar surface area (TPSA) is 101 Å². The Kier molecular flexibility index (Phi) is 7.37. The lowest BCUT2D eigenvalue weighted by atomic mass is 10.4. The summed E-state index contributed by atoms with van der Waals surface area (Å²) in [6.07, 6.45) is 1.13. The Hall–Kier alpha value is -0.210. The van der Waals surface area contributed by atoms with Crippen molar-refractivity contribution in [3.63, 3.8) is 0 Å². The first-order valence-corrected chi connectivity index (χ1v) is 5.16. The van der Waals surface area contributed by atoms with E-state index in [0.29, 0.717) is 0 Å². The van der Waals surface area contributed by atoms with Crippen molar-refractivity contribution in [2.45, 2.75) is 6.42 Å². The van der Waals surface area contributed by atoms with E-state index in [4.69, 9.17) is 23.3 Å². The molecule has 0 spiro atoms. The second kappa shape index (κ2) is 6.28. The van der Waals surface area contributed by atoms with Gasteiger partial charge in [-0.15, -0.1) is 0 Å². The van der Waals surface area contributed by atoms with Gasteiger partial charge in [-0.3, -0.25) is 9.11 Å². The lowest BCUT2D eigenvalue weighted by Gasteiger charge is -2.23. The second-order valence-electron chi connectivity index (χ2n) is 3.60. The Balaban J connectivity index is 0. The molecule has 0 saturated heterocycles. The van der Waals surface area contributed by atoms with E-state index < -0.39 is 10.4 Å². The maximum absolute atomic E-state index is 8.74. The van der Waals surface area contributed by atoms with Crippen LogP contribution in [0.25, 0.3) is 0 Å². The fourth-order valence-electron chi connectivity index (χ4n) is 0.566. The molecule has 0 heterocycles. The SMILES string of the molecule is C[N+](C)(C)CCCN.O=S(=O)(O)O. The fraction of sp³-hybridized carbons (Fsp3) is 1.00. The molecule has 0 atom stereocenters. The predicted octanol–water partition coefficient (Wildman–Crippen LogP) is -0.611. The molecule has 7 heteroatoms. The van der Waals surface area contributed by atoms with Crippen molar-refractivity contribution < 1.29 is 22.0 Å². The van der Waals surface area contributed by atoms with Crippen LogP contribution >= 0.6 is 0 Å². The van der Waals surface area contributed by atoms with Crippen LogP contribution in [0.4, 0.5) is 0 Å². The third-order valence-corrected chi connectivity index (χ3v) is 1.03. The lowest BCUT2D eigenvalue weighted by molar-refractivity contribution is -0.870. The van der Waals surface area contributed by atoms with Gasteiger partial charge in [0.15, 0.2) is 0 Å². The number of quaternary nitrogens is 1. The zero-order valence-corrected chi connectivity index (χ0v) is 9.08. The van der Waals surface area contributed by atoms with E-state index in [-0.39, 0.29) is 0 Å². The van der Waals surface area contributed by atoms with Crippen LogP contribution in [-0.2, 0) is 10.4 Å². The summed E-state index contributed by atoms with van der Waals surface area (Å²) in [5.41, 5.74) is 5.33. The molecule has 0 aromatic carbocycles. The van der Waals surface area contributed by atoms with Crippen molar-refractivity contribution in [2.75, 3.05) is 34.2 Å². The van der Waals surface area contributed by atoms with Crippen LogP contribution in [-0.4, -0.2) is 56.2 Å². The van der Waals surface area contributed by atoms with Crippen LogP contribution in [0.3, 0.4) is 0 Å². The van der Waals surface area contributed by atoms with E-state index in [0.717, 1.165) is 17.4 Å². The molecule has 4 N–H and O–H groups in total. The minimum absolute atomic E-state index is 0.815. The zero-order valence-electron chi connectivity index (χ0n) is 8.27. The van der Waals surface area contributed by atoms with Crippen molar-refractivity contribution >= 4 is 10.4 Å². The molecule has 0 aromatic rings. The van der Waals surface area contributed by atoms with Crippen LogP contribution in [0.15, 0.2) is 0 Å². The number of rotatable bonds is 3. The second-order valence-corrected chi connectivity index (χ2v) is 4.50. The van der Waals surface area contributed by atoms with Gasteiger partial charge in [-0.05, 0) is 6.54 Å². The summed E-state index contributed by atoms with van der Waals surface area (Å²) in [5, 5.41) is 0. The molecule has 0 aliphatic carbocycles. The van der Waals surface area contributed by atoms with Gasteiger partial charge in [0, 0.05) is 6.42 Å². The number of hydrogen-bond acceptors (Lipinski definition) is 3. The molecular weight excluding hydrogens is 196 g/mol. The monoisotopic (exact) mass is 215 g/mol. The summed E-state index contributed by atoms with van der Waals surface area (Å²) in [6.45, 7) is 1.99. The third kappa shape index (κ3) is 49.3. The predicted molar refractivity (Wildman–Crippen MR) is 50.7 cm³/mol. The van der Waals surface area contributed by atoms with Crippen LogP contribution in [0, 0.1) is 0 Å². The lowest BCUT2D eigenvalue weighted by Crippen LogP contribution is -2.36. The van der Waals surface area contributed by atoms with Crippen LogP contribution in [0.5, 0.6) is 0 Å². The van der Waals surface area contributed by atoms with Crippen LogP contribution in [0.1, 0.15) is 6.42 Å². The third-order valence-electron chi connectivity index (χ3n) is 1.03. The normalized spacial score (nSPS) is 11.8. The van der Waals surface area contributed by atoms with E-state index in [1.807, 2.05) is 0 Å². The Labute approximate surface area is 79.5 Å². The molecule has 0 fully saturated rings. The summed E-state index contributed by atoms with van der Waals surface area (Å²) < 4.78 is 32.6. The Morgan fingerprint density at radius 1 is 1.23 bits per heavy atom. The number of nitrogens with zero attached hydrogens (tertiary/aromatic N) is 1. The maximum atomic E-state index is 8.74. The molecule has 0 amide bonds. The molecule has 0 unspecified atom stereocenters. The molecule has 82 valence electrons. The Morgan fingerprint density at radius 3 is 1.62 bits per heavy atom. The van der Waals surface area contributed by atoms with Gasteiger partial charge in [-0.2, -0.15) is 8.42 Å².